The Balaban J connectivity index is 1.85. The van der Waals surface area contributed by atoms with Crippen LogP contribution in [0.15, 0.2) is 18.2 Å². The quantitative estimate of drug-likeness (QED) is 0.838. The minimum absolute atomic E-state index is 0.164. The summed E-state index contributed by atoms with van der Waals surface area (Å²) in [7, 11) is 0. The summed E-state index contributed by atoms with van der Waals surface area (Å²) in [5.74, 6) is 0.394. The average Bonchev–Trinajstić information content (AvgIpc) is 2.55. The highest BCUT2D eigenvalue weighted by molar-refractivity contribution is 5.80. The Bertz CT molecular complexity index is 560. The van der Waals surface area contributed by atoms with Crippen molar-refractivity contribution in [3.05, 3.63) is 34.9 Å². The fourth-order valence-corrected chi connectivity index (χ4v) is 3.01. The predicted molar refractivity (Wildman–Crippen MR) is 92.3 cm³/mol. The van der Waals surface area contributed by atoms with Gasteiger partial charge in [-0.15, -0.1) is 0 Å². The van der Waals surface area contributed by atoms with Gasteiger partial charge >= 0.3 is 0 Å². The van der Waals surface area contributed by atoms with Gasteiger partial charge in [0.05, 0.1) is 6.42 Å². The first-order valence-electron chi connectivity index (χ1n) is 8.63. The molecule has 1 aliphatic rings. The molecule has 4 nitrogen and oxygen atoms in total. The van der Waals surface area contributed by atoms with Gasteiger partial charge in [0.25, 0.3) is 0 Å². The molecule has 0 aliphatic carbocycles. The molecule has 1 fully saturated rings. The molecule has 126 valence electrons. The van der Waals surface area contributed by atoms with E-state index in [2.05, 4.69) is 32.9 Å². The fraction of sp³-hybridized carbons (Fsp3) is 0.579. The summed E-state index contributed by atoms with van der Waals surface area (Å²) in [5.41, 5.74) is 3.49. The van der Waals surface area contributed by atoms with E-state index < -0.39 is 0 Å². The number of hydrogen-bond donors (Lipinski definition) is 0. The molecule has 0 spiro atoms. The fourth-order valence-electron chi connectivity index (χ4n) is 3.01. The van der Waals surface area contributed by atoms with Crippen molar-refractivity contribution in [3.63, 3.8) is 0 Å². The van der Waals surface area contributed by atoms with Crippen molar-refractivity contribution < 1.29 is 9.59 Å². The highest BCUT2D eigenvalue weighted by Gasteiger charge is 2.23. The minimum Gasteiger partial charge on any atom is -0.339 e. The Morgan fingerprint density at radius 1 is 1.00 bits per heavy atom. The van der Waals surface area contributed by atoms with E-state index in [0.717, 1.165) is 18.4 Å². The molecule has 0 N–H and O–H groups in total. The molecule has 1 saturated heterocycles. The summed E-state index contributed by atoms with van der Waals surface area (Å²) < 4.78 is 0. The summed E-state index contributed by atoms with van der Waals surface area (Å²) in [6.07, 6.45) is 3.08. The largest absolute Gasteiger partial charge is 0.339 e. The van der Waals surface area contributed by atoms with Gasteiger partial charge in [-0.3, -0.25) is 9.59 Å². The summed E-state index contributed by atoms with van der Waals surface area (Å²) in [5, 5.41) is 0. The first-order valence-corrected chi connectivity index (χ1v) is 8.63. The predicted octanol–water partition coefficient (Wildman–Crippen LogP) is 2.71. The number of aryl methyl sites for hydroxylation is 2. The third-order valence-electron chi connectivity index (χ3n) is 4.57. The van der Waals surface area contributed by atoms with Gasteiger partial charge in [-0.2, -0.15) is 0 Å². The lowest BCUT2D eigenvalue weighted by molar-refractivity contribution is -0.139. The van der Waals surface area contributed by atoms with Crippen molar-refractivity contribution >= 4 is 11.8 Å². The number of nitrogens with zero attached hydrogens (tertiary/aromatic N) is 2. The summed E-state index contributed by atoms with van der Waals surface area (Å²) >= 11 is 0. The second kappa shape index (κ2) is 8.14. The van der Waals surface area contributed by atoms with Crippen molar-refractivity contribution in [1.29, 1.82) is 0 Å². The minimum atomic E-state index is 0.164. The number of carbonyl (C=O) groups is 2. The topological polar surface area (TPSA) is 40.6 Å². The molecule has 1 aromatic rings. The van der Waals surface area contributed by atoms with Gasteiger partial charge in [0.2, 0.25) is 11.8 Å². The molecule has 0 unspecified atom stereocenters. The number of unbranched alkanes of at least 4 members (excludes halogenated alkanes) is 1. The van der Waals surface area contributed by atoms with Crippen LogP contribution in [0.4, 0.5) is 0 Å². The molecular formula is C19H28N2O2. The second-order valence-corrected chi connectivity index (χ2v) is 6.47. The normalized spacial score (nSPS) is 14.9. The zero-order valence-electron chi connectivity index (χ0n) is 14.6. The monoisotopic (exact) mass is 316 g/mol. The Morgan fingerprint density at radius 2 is 1.61 bits per heavy atom. The zero-order valence-corrected chi connectivity index (χ0v) is 14.6. The van der Waals surface area contributed by atoms with Crippen LogP contribution in [-0.2, 0) is 16.0 Å². The summed E-state index contributed by atoms with van der Waals surface area (Å²) in [6, 6.07) is 6.22. The van der Waals surface area contributed by atoms with Gasteiger partial charge in [0, 0.05) is 32.6 Å². The maximum Gasteiger partial charge on any atom is 0.227 e. The van der Waals surface area contributed by atoms with Gasteiger partial charge in [-0.1, -0.05) is 37.1 Å². The zero-order chi connectivity index (χ0) is 16.8. The lowest BCUT2D eigenvalue weighted by Gasteiger charge is -2.35. The summed E-state index contributed by atoms with van der Waals surface area (Å²) in [4.78, 5) is 28.3. The van der Waals surface area contributed by atoms with E-state index in [1.165, 1.54) is 11.1 Å². The van der Waals surface area contributed by atoms with Crippen molar-refractivity contribution in [2.75, 3.05) is 26.2 Å². The maximum atomic E-state index is 12.5. The molecule has 4 heteroatoms. The standard InChI is InChI=1S/C19H28N2O2/c1-4-5-6-18(22)20-9-11-21(12-10-20)19(23)14-17-8-7-15(2)13-16(17)3/h7-8,13H,4-6,9-12,14H2,1-3H3. The molecular weight excluding hydrogens is 288 g/mol. The smallest absolute Gasteiger partial charge is 0.227 e. The van der Waals surface area contributed by atoms with E-state index in [1.807, 2.05) is 15.9 Å². The van der Waals surface area contributed by atoms with Gasteiger partial charge in [-0.05, 0) is 31.4 Å². The van der Waals surface area contributed by atoms with Crippen LogP contribution in [0.25, 0.3) is 0 Å². The van der Waals surface area contributed by atoms with Crippen LogP contribution in [0.2, 0.25) is 0 Å². The first-order chi connectivity index (χ1) is 11.0. The van der Waals surface area contributed by atoms with Crippen molar-refractivity contribution in [2.45, 2.75) is 46.5 Å². The molecule has 0 aromatic heterocycles. The van der Waals surface area contributed by atoms with Gasteiger partial charge in [0.1, 0.15) is 0 Å². The Kier molecular flexibility index (Phi) is 6.20. The van der Waals surface area contributed by atoms with Crippen molar-refractivity contribution in [1.82, 2.24) is 9.80 Å². The van der Waals surface area contributed by atoms with E-state index >= 15 is 0 Å². The molecule has 0 atom stereocenters. The highest BCUT2D eigenvalue weighted by atomic mass is 16.2. The van der Waals surface area contributed by atoms with Crippen LogP contribution >= 0.6 is 0 Å². The maximum absolute atomic E-state index is 12.5. The van der Waals surface area contributed by atoms with Crippen LogP contribution in [0, 0.1) is 13.8 Å². The van der Waals surface area contributed by atoms with Crippen LogP contribution in [-0.4, -0.2) is 47.8 Å². The molecule has 1 heterocycles. The summed E-state index contributed by atoms with van der Waals surface area (Å²) in [6.45, 7) is 8.86. The van der Waals surface area contributed by atoms with E-state index in [9.17, 15) is 9.59 Å². The Hall–Kier alpha value is -1.84. The number of amides is 2. The third kappa shape index (κ3) is 4.81. The molecule has 2 rings (SSSR count). The van der Waals surface area contributed by atoms with Gasteiger partial charge in [0.15, 0.2) is 0 Å². The van der Waals surface area contributed by atoms with Crippen LogP contribution in [0.1, 0.15) is 42.9 Å². The molecule has 23 heavy (non-hydrogen) atoms. The van der Waals surface area contributed by atoms with Crippen LogP contribution in [0.5, 0.6) is 0 Å². The van der Waals surface area contributed by atoms with Gasteiger partial charge in [-0.25, -0.2) is 0 Å². The van der Waals surface area contributed by atoms with Gasteiger partial charge < -0.3 is 9.80 Å². The number of carbonyl (C=O) groups excluding carboxylic acids is 2. The lowest BCUT2D eigenvalue weighted by atomic mass is 10.0. The van der Waals surface area contributed by atoms with E-state index in [1.54, 1.807) is 0 Å². The first kappa shape index (κ1) is 17.5. The Morgan fingerprint density at radius 3 is 2.17 bits per heavy atom. The highest BCUT2D eigenvalue weighted by Crippen LogP contribution is 2.14. The second-order valence-electron chi connectivity index (χ2n) is 6.47. The third-order valence-corrected chi connectivity index (χ3v) is 4.57. The van der Waals surface area contributed by atoms with E-state index in [0.29, 0.717) is 39.0 Å². The van der Waals surface area contributed by atoms with E-state index in [-0.39, 0.29) is 11.8 Å². The lowest BCUT2D eigenvalue weighted by Crippen LogP contribution is -2.51. The van der Waals surface area contributed by atoms with E-state index in [4.69, 9.17) is 0 Å². The number of benzene rings is 1. The molecule has 1 aromatic carbocycles. The van der Waals surface area contributed by atoms with Crippen molar-refractivity contribution in [2.24, 2.45) is 0 Å². The number of rotatable bonds is 5. The van der Waals surface area contributed by atoms with Crippen LogP contribution in [0.3, 0.4) is 0 Å². The molecule has 0 radical (unpaired) electrons. The van der Waals surface area contributed by atoms with Crippen molar-refractivity contribution in [3.8, 4) is 0 Å². The molecule has 0 bridgehead atoms. The van der Waals surface area contributed by atoms with Crippen LogP contribution < -0.4 is 0 Å². The SMILES string of the molecule is CCCCC(=O)N1CCN(C(=O)Cc2ccc(C)cc2C)CC1. The number of piperazine rings is 1. The molecule has 1 aliphatic heterocycles. The Labute approximate surface area is 139 Å². The average molecular weight is 316 g/mol. The molecule has 0 saturated carbocycles. The number of hydrogen-bond acceptors (Lipinski definition) is 2. The molecule has 2 amide bonds.